The summed E-state index contributed by atoms with van der Waals surface area (Å²) in [6.45, 7) is 4.93. The van der Waals surface area contributed by atoms with Crippen molar-refractivity contribution < 1.29 is 9.90 Å². The first-order valence-electron chi connectivity index (χ1n) is 7.33. The smallest absolute Gasteiger partial charge is 0.240 e. The first-order valence-corrected chi connectivity index (χ1v) is 7.33. The molecule has 110 valence electrons. The van der Waals surface area contributed by atoms with Crippen molar-refractivity contribution in [2.45, 2.75) is 51.1 Å². The Morgan fingerprint density at radius 3 is 2.75 bits per heavy atom. The molecule has 1 aromatic carbocycles. The number of amides is 1. The molecular formula is C16H24N2O2. The van der Waals surface area contributed by atoms with Crippen LogP contribution in [0.25, 0.3) is 0 Å². The summed E-state index contributed by atoms with van der Waals surface area (Å²) in [5, 5.41) is 15.6. The number of phenolic OH excluding ortho intramolecular Hbond substituents is 1. The molecule has 3 N–H and O–H groups in total. The van der Waals surface area contributed by atoms with Gasteiger partial charge in [0.05, 0.1) is 5.54 Å². The maximum absolute atomic E-state index is 12.2. The third kappa shape index (κ3) is 3.73. The van der Waals surface area contributed by atoms with E-state index in [1.807, 2.05) is 26.0 Å². The molecule has 1 aliphatic heterocycles. The molecule has 1 aromatic rings. The van der Waals surface area contributed by atoms with E-state index in [1.54, 1.807) is 12.1 Å². The quantitative estimate of drug-likeness (QED) is 0.770. The third-order valence-electron chi connectivity index (χ3n) is 4.05. The highest BCUT2D eigenvalue weighted by Gasteiger charge is 2.36. The van der Waals surface area contributed by atoms with Crippen LogP contribution >= 0.6 is 0 Å². The molecule has 2 rings (SSSR count). The Morgan fingerprint density at radius 2 is 2.15 bits per heavy atom. The molecule has 0 radical (unpaired) electrons. The van der Waals surface area contributed by atoms with Gasteiger partial charge in [-0.05, 0) is 63.8 Å². The SMILES string of the molecule is CC(CCc1ccc(O)cc1)NC(=O)C1(C)CCCN1. The molecule has 1 saturated heterocycles. The summed E-state index contributed by atoms with van der Waals surface area (Å²) < 4.78 is 0. The molecule has 20 heavy (non-hydrogen) atoms. The number of rotatable bonds is 5. The van der Waals surface area contributed by atoms with Gasteiger partial charge in [-0.1, -0.05) is 12.1 Å². The molecule has 1 heterocycles. The van der Waals surface area contributed by atoms with Gasteiger partial charge in [-0.25, -0.2) is 0 Å². The monoisotopic (exact) mass is 276 g/mol. The van der Waals surface area contributed by atoms with Crippen LogP contribution in [0.15, 0.2) is 24.3 Å². The van der Waals surface area contributed by atoms with E-state index in [0.717, 1.165) is 32.2 Å². The van der Waals surface area contributed by atoms with Crippen molar-refractivity contribution in [1.82, 2.24) is 10.6 Å². The van der Waals surface area contributed by atoms with Crippen LogP contribution < -0.4 is 10.6 Å². The van der Waals surface area contributed by atoms with Crippen molar-refractivity contribution in [3.63, 3.8) is 0 Å². The molecular weight excluding hydrogens is 252 g/mol. The summed E-state index contributed by atoms with van der Waals surface area (Å²) in [4.78, 5) is 12.2. The Labute approximate surface area is 120 Å². The number of carbonyl (C=O) groups is 1. The molecule has 1 fully saturated rings. The summed E-state index contributed by atoms with van der Waals surface area (Å²) in [7, 11) is 0. The number of carbonyl (C=O) groups excluding carboxylic acids is 1. The number of hydrogen-bond donors (Lipinski definition) is 3. The average molecular weight is 276 g/mol. The zero-order chi connectivity index (χ0) is 14.6. The zero-order valence-corrected chi connectivity index (χ0v) is 12.3. The third-order valence-corrected chi connectivity index (χ3v) is 4.05. The van der Waals surface area contributed by atoms with E-state index in [9.17, 15) is 9.90 Å². The lowest BCUT2D eigenvalue weighted by atomic mass is 9.98. The van der Waals surface area contributed by atoms with E-state index in [1.165, 1.54) is 5.56 Å². The number of benzene rings is 1. The van der Waals surface area contributed by atoms with Gasteiger partial charge < -0.3 is 15.7 Å². The molecule has 0 aromatic heterocycles. The summed E-state index contributed by atoms with van der Waals surface area (Å²) in [5.41, 5.74) is 0.779. The fraction of sp³-hybridized carbons (Fsp3) is 0.562. The molecule has 0 spiro atoms. The number of hydrogen-bond acceptors (Lipinski definition) is 3. The minimum atomic E-state index is -0.396. The van der Waals surface area contributed by atoms with Gasteiger partial charge in [0, 0.05) is 6.04 Å². The van der Waals surface area contributed by atoms with Crippen LogP contribution in [0.4, 0.5) is 0 Å². The lowest BCUT2D eigenvalue weighted by Crippen LogP contribution is -2.53. The van der Waals surface area contributed by atoms with E-state index in [-0.39, 0.29) is 17.7 Å². The Bertz CT molecular complexity index is 450. The second kappa shape index (κ2) is 6.27. The molecule has 0 bridgehead atoms. The van der Waals surface area contributed by atoms with E-state index in [0.29, 0.717) is 0 Å². The molecule has 4 heteroatoms. The van der Waals surface area contributed by atoms with Gasteiger partial charge >= 0.3 is 0 Å². The van der Waals surface area contributed by atoms with Crippen LogP contribution in [-0.2, 0) is 11.2 Å². The maximum Gasteiger partial charge on any atom is 0.240 e. The number of aryl methyl sites for hydroxylation is 1. The Morgan fingerprint density at radius 1 is 1.45 bits per heavy atom. The highest BCUT2D eigenvalue weighted by molar-refractivity contribution is 5.86. The predicted molar refractivity (Wildman–Crippen MR) is 79.7 cm³/mol. The van der Waals surface area contributed by atoms with E-state index in [4.69, 9.17) is 0 Å². The van der Waals surface area contributed by atoms with Gasteiger partial charge in [0.2, 0.25) is 5.91 Å². The fourth-order valence-corrected chi connectivity index (χ4v) is 2.59. The number of nitrogens with one attached hydrogen (secondary N) is 2. The molecule has 2 atom stereocenters. The summed E-state index contributed by atoms with van der Waals surface area (Å²) in [5.74, 6) is 0.392. The summed E-state index contributed by atoms with van der Waals surface area (Å²) in [6.07, 6.45) is 3.76. The highest BCUT2D eigenvalue weighted by Crippen LogP contribution is 2.19. The van der Waals surface area contributed by atoms with Crippen LogP contribution in [0, 0.1) is 0 Å². The van der Waals surface area contributed by atoms with Crippen molar-refractivity contribution in [2.75, 3.05) is 6.54 Å². The van der Waals surface area contributed by atoms with Gasteiger partial charge in [-0.3, -0.25) is 4.79 Å². The van der Waals surface area contributed by atoms with Crippen LogP contribution in [0.5, 0.6) is 5.75 Å². The predicted octanol–water partition coefficient (Wildman–Crippen LogP) is 1.97. The van der Waals surface area contributed by atoms with Gasteiger partial charge in [0.25, 0.3) is 0 Å². The van der Waals surface area contributed by atoms with Crippen molar-refractivity contribution in [2.24, 2.45) is 0 Å². The standard InChI is InChI=1S/C16H24N2O2/c1-12(4-5-13-6-8-14(19)9-7-13)18-15(20)16(2)10-3-11-17-16/h6-9,12,17,19H,3-5,10-11H2,1-2H3,(H,18,20). The number of phenols is 1. The van der Waals surface area contributed by atoms with Crippen molar-refractivity contribution in [3.05, 3.63) is 29.8 Å². The lowest BCUT2D eigenvalue weighted by Gasteiger charge is -2.25. The first kappa shape index (κ1) is 14.9. The van der Waals surface area contributed by atoms with Gasteiger partial charge in [0.1, 0.15) is 5.75 Å². The Kier molecular flexibility index (Phi) is 4.65. The Hall–Kier alpha value is -1.55. The minimum absolute atomic E-state index is 0.105. The molecule has 2 unspecified atom stereocenters. The summed E-state index contributed by atoms with van der Waals surface area (Å²) in [6, 6.07) is 7.38. The largest absolute Gasteiger partial charge is 0.508 e. The van der Waals surface area contributed by atoms with E-state index in [2.05, 4.69) is 10.6 Å². The topological polar surface area (TPSA) is 61.4 Å². The van der Waals surface area contributed by atoms with Gasteiger partial charge in [0.15, 0.2) is 0 Å². The second-order valence-corrected chi connectivity index (χ2v) is 5.94. The van der Waals surface area contributed by atoms with Crippen LogP contribution in [0.2, 0.25) is 0 Å². The van der Waals surface area contributed by atoms with E-state index < -0.39 is 5.54 Å². The minimum Gasteiger partial charge on any atom is -0.508 e. The van der Waals surface area contributed by atoms with Crippen LogP contribution in [-0.4, -0.2) is 29.1 Å². The molecule has 1 aliphatic rings. The van der Waals surface area contributed by atoms with Crippen molar-refractivity contribution in [3.8, 4) is 5.75 Å². The maximum atomic E-state index is 12.2. The average Bonchev–Trinajstić information content (AvgIpc) is 2.86. The second-order valence-electron chi connectivity index (χ2n) is 5.94. The van der Waals surface area contributed by atoms with Crippen molar-refractivity contribution in [1.29, 1.82) is 0 Å². The van der Waals surface area contributed by atoms with Crippen LogP contribution in [0.3, 0.4) is 0 Å². The summed E-state index contributed by atoms with van der Waals surface area (Å²) >= 11 is 0. The number of aromatic hydroxyl groups is 1. The highest BCUT2D eigenvalue weighted by atomic mass is 16.3. The van der Waals surface area contributed by atoms with Gasteiger partial charge in [-0.15, -0.1) is 0 Å². The normalized spacial score (nSPS) is 23.5. The fourth-order valence-electron chi connectivity index (χ4n) is 2.59. The van der Waals surface area contributed by atoms with Crippen molar-refractivity contribution >= 4 is 5.91 Å². The van der Waals surface area contributed by atoms with Crippen LogP contribution in [0.1, 0.15) is 38.7 Å². The molecule has 1 amide bonds. The van der Waals surface area contributed by atoms with E-state index >= 15 is 0 Å². The molecule has 4 nitrogen and oxygen atoms in total. The molecule has 0 saturated carbocycles. The van der Waals surface area contributed by atoms with Gasteiger partial charge in [-0.2, -0.15) is 0 Å². The molecule has 0 aliphatic carbocycles. The lowest BCUT2D eigenvalue weighted by molar-refractivity contribution is -0.127. The first-order chi connectivity index (χ1) is 9.49. The Balaban J connectivity index is 1.79. The zero-order valence-electron chi connectivity index (χ0n) is 12.3.